The second-order valence-corrected chi connectivity index (χ2v) is 5.08. The minimum atomic E-state index is -0.190. The number of benzene rings is 1. The van der Waals surface area contributed by atoms with E-state index in [4.69, 9.17) is 4.74 Å². The van der Waals surface area contributed by atoms with Crippen molar-refractivity contribution < 1.29 is 9.53 Å². The zero-order valence-electron chi connectivity index (χ0n) is 11.6. The zero-order valence-corrected chi connectivity index (χ0v) is 11.6. The van der Waals surface area contributed by atoms with E-state index in [9.17, 15) is 4.79 Å². The summed E-state index contributed by atoms with van der Waals surface area (Å²) >= 11 is 0. The highest BCUT2D eigenvalue weighted by Gasteiger charge is 2.18. The Kier molecular flexibility index (Phi) is 4.09. The van der Waals surface area contributed by atoms with E-state index < -0.39 is 0 Å². The Morgan fingerprint density at radius 2 is 2.14 bits per heavy atom. The maximum absolute atomic E-state index is 12.0. The van der Waals surface area contributed by atoms with Crippen molar-refractivity contribution in [3.8, 4) is 5.75 Å². The highest BCUT2D eigenvalue weighted by molar-refractivity contribution is 5.92. The monoisotopic (exact) mass is 287 g/mol. The van der Waals surface area contributed by atoms with Gasteiger partial charge in [-0.05, 0) is 48.2 Å². The predicted octanol–water partition coefficient (Wildman–Crippen LogP) is 1.63. The molecule has 1 fully saturated rings. The molecule has 1 aromatic carbocycles. The summed E-state index contributed by atoms with van der Waals surface area (Å²) in [7, 11) is 0. The van der Waals surface area contributed by atoms with Crippen molar-refractivity contribution in [3.63, 3.8) is 0 Å². The summed E-state index contributed by atoms with van der Waals surface area (Å²) in [5.74, 6) is 0.527. The van der Waals surface area contributed by atoms with Crippen LogP contribution in [0.3, 0.4) is 0 Å². The molecule has 0 bridgehead atoms. The van der Waals surface area contributed by atoms with Crippen molar-refractivity contribution in [2.24, 2.45) is 0 Å². The van der Waals surface area contributed by atoms with E-state index in [1.165, 1.54) is 23.9 Å². The van der Waals surface area contributed by atoms with Gasteiger partial charge in [0.1, 0.15) is 18.6 Å². The minimum Gasteiger partial charge on any atom is -0.488 e. The average Bonchev–Trinajstić information content (AvgIpc) is 3.14. The number of anilines is 1. The maximum Gasteiger partial charge on any atom is 0.246 e. The van der Waals surface area contributed by atoms with Crippen LogP contribution in [0.25, 0.3) is 0 Å². The van der Waals surface area contributed by atoms with Gasteiger partial charge in [-0.3, -0.25) is 4.79 Å². The van der Waals surface area contributed by atoms with Crippen LogP contribution in [0, 0.1) is 0 Å². The van der Waals surface area contributed by atoms with Crippen LogP contribution in [0.15, 0.2) is 30.6 Å². The molecule has 1 amide bonds. The van der Waals surface area contributed by atoms with Crippen LogP contribution in [-0.4, -0.2) is 32.2 Å². The summed E-state index contributed by atoms with van der Waals surface area (Å²) in [5.41, 5.74) is 0.683. The molecule has 0 radical (unpaired) electrons. The Bertz CT molecular complexity index is 593. The van der Waals surface area contributed by atoms with Gasteiger partial charge in [-0.2, -0.15) is 0 Å². The number of carbonyl (C=O) groups is 1. The summed E-state index contributed by atoms with van der Waals surface area (Å²) in [5, 5.41) is 13.5. The molecule has 0 aliphatic heterocycles. The lowest BCUT2D eigenvalue weighted by atomic mass is 10.2. The first-order valence-electron chi connectivity index (χ1n) is 7.07. The Hall–Kier alpha value is -2.44. The minimum absolute atomic E-state index is 0.0742. The third kappa shape index (κ3) is 3.56. The van der Waals surface area contributed by atoms with Crippen LogP contribution in [0.4, 0.5) is 5.69 Å². The largest absolute Gasteiger partial charge is 0.488 e. The fourth-order valence-corrected chi connectivity index (χ4v) is 2.45. The van der Waals surface area contributed by atoms with Gasteiger partial charge in [0.05, 0.1) is 11.8 Å². The molecule has 1 aliphatic carbocycles. The molecule has 0 saturated heterocycles. The molecule has 1 aliphatic rings. The standard InChI is InChI=1S/C14H17N5O2/c20-14(9-19-10-15-17-18-19)16-12-7-3-4-8-13(12)21-11-5-1-2-6-11/h3-4,7-8,10-11H,1-2,5-6,9H2,(H,16,20). The fraction of sp³-hybridized carbons (Fsp3) is 0.429. The number of hydrogen-bond donors (Lipinski definition) is 1. The number of para-hydroxylation sites is 2. The molecule has 110 valence electrons. The molecule has 1 N–H and O–H groups in total. The van der Waals surface area contributed by atoms with Crippen LogP contribution in [0.1, 0.15) is 25.7 Å². The highest BCUT2D eigenvalue weighted by Crippen LogP contribution is 2.29. The molecular formula is C14H17N5O2. The summed E-state index contributed by atoms with van der Waals surface area (Å²) in [6.45, 7) is 0.0742. The predicted molar refractivity (Wildman–Crippen MR) is 75.8 cm³/mol. The van der Waals surface area contributed by atoms with Crippen molar-refractivity contribution >= 4 is 11.6 Å². The van der Waals surface area contributed by atoms with Crippen LogP contribution in [0.2, 0.25) is 0 Å². The van der Waals surface area contributed by atoms with Crippen molar-refractivity contribution in [3.05, 3.63) is 30.6 Å². The first-order chi connectivity index (χ1) is 10.3. The molecule has 7 heteroatoms. The van der Waals surface area contributed by atoms with E-state index in [2.05, 4.69) is 20.8 Å². The normalized spacial score (nSPS) is 15.0. The van der Waals surface area contributed by atoms with Gasteiger partial charge in [0.25, 0.3) is 0 Å². The van der Waals surface area contributed by atoms with Gasteiger partial charge in [-0.15, -0.1) is 5.10 Å². The smallest absolute Gasteiger partial charge is 0.246 e. The van der Waals surface area contributed by atoms with Crippen LogP contribution >= 0.6 is 0 Å². The number of tetrazole rings is 1. The lowest BCUT2D eigenvalue weighted by molar-refractivity contribution is -0.116. The van der Waals surface area contributed by atoms with Gasteiger partial charge in [-0.25, -0.2) is 4.68 Å². The molecule has 0 unspecified atom stereocenters. The van der Waals surface area contributed by atoms with Crippen molar-refractivity contribution in [2.45, 2.75) is 38.3 Å². The summed E-state index contributed by atoms with van der Waals surface area (Å²) in [6, 6.07) is 7.49. The van der Waals surface area contributed by atoms with Gasteiger partial charge < -0.3 is 10.1 Å². The van der Waals surface area contributed by atoms with Crippen LogP contribution < -0.4 is 10.1 Å². The number of ether oxygens (including phenoxy) is 1. The molecule has 2 aromatic rings. The van der Waals surface area contributed by atoms with E-state index in [0.29, 0.717) is 5.69 Å². The second-order valence-electron chi connectivity index (χ2n) is 5.08. The molecule has 1 aromatic heterocycles. The Morgan fingerprint density at radius 3 is 2.90 bits per heavy atom. The molecular weight excluding hydrogens is 270 g/mol. The lowest BCUT2D eigenvalue weighted by Gasteiger charge is -2.16. The topological polar surface area (TPSA) is 81.9 Å². The number of hydrogen-bond acceptors (Lipinski definition) is 5. The molecule has 7 nitrogen and oxygen atoms in total. The molecule has 21 heavy (non-hydrogen) atoms. The van der Waals surface area contributed by atoms with E-state index in [1.807, 2.05) is 24.3 Å². The zero-order chi connectivity index (χ0) is 14.5. The fourth-order valence-electron chi connectivity index (χ4n) is 2.45. The number of carbonyl (C=O) groups excluding carboxylic acids is 1. The maximum atomic E-state index is 12.0. The van der Waals surface area contributed by atoms with Gasteiger partial charge in [0.2, 0.25) is 5.91 Å². The van der Waals surface area contributed by atoms with E-state index >= 15 is 0 Å². The second kappa shape index (κ2) is 6.34. The summed E-state index contributed by atoms with van der Waals surface area (Å²) in [4.78, 5) is 12.0. The van der Waals surface area contributed by atoms with Crippen molar-refractivity contribution in [1.29, 1.82) is 0 Å². The van der Waals surface area contributed by atoms with Crippen LogP contribution in [0.5, 0.6) is 5.75 Å². The molecule has 0 atom stereocenters. The third-order valence-corrected chi connectivity index (χ3v) is 3.45. The number of rotatable bonds is 5. The lowest BCUT2D eigenvalue weighted by Crippen LogP contribution is -2.20. The highest BCUT2D eigenvalue weighted by atomic mass is 16.5. The number of amides is 1. The number of aromatic nitrogens is 4. The van der Waals surface area contributed by atoms with E-state index in [-0.39, 0.29) is 18.6 Å². The first-order valence-corrected chi connectivity index (χ1v) is 7.07. The quantitative estimate of drug-likeness (QED) is 0.904. The van der Waals surface area contributed by atoms with Gasteiger partial charge in [0.15, 0.2) is 0 Å². The number of nitrogens with one attached hydrogen (secondary N) is 1. The SMILES string of the molecule is O=C(Cn1cnnn1)Nc1ccccc1OC1CCCC1. The Morgan fingerprint density at radius 1 is 1.33 bits per heavy atom. The Balaban J connectivity index is 1.65. The Labute approximate surface area is 122 Å². The average molecular weight is 287 g/mol. The third-order valence-electron chi connectivity index (χ3n) is 3.45. The van der Waals surface area contributed by atoms with Gasteiger partial charge in [-0.1, -0.05) is 12.1 Å². The molecule has 0 spiro atoms. The van der Waals surface area contributed by atoms with Crippen molar-refractivity contribution in [1.82, 2.24) is 20.2 Å². The first kappa shape index (κ1) is 13.5. The van der Waals surface area contributed by atoms with E-state index in [0.717, 1.165) is 18.6 Å². The van der Waals surface area contributed by atoms with E-state index in [1.54, 1.807) is 0 Å². The van der Waals surface area contributed by atoms with Gasteiger partial charge >= 0.3 is 0 Å². The van der Waals surface area contributed by atoms with Crippen LogP contribution in [-0.2, 0) is 11.3 Å². The van der Waals surface area contributed by atoms with Crippen molar-refractivity contribution in [2.75, 3.05) is 5.32 Å². The van der Waals surface area contributed by atoms with Gasteiger partial charge in [0, 0.05) is 0 Å². The summed E-state index contributed by atoms with van der Waals surface area (Å²) < 4.78 is 7.35. The molecule has 1 saturated carbocycles. The number of nitrogens with zero attached hydrogens (tertiary/aromatic N) is 4. The summed E-state index contributed by atoms with van der Waals surface area (Å²) in [6.07, 6.45) is 6.22. The molecule has 3 rings (SSSR count). The molecule has 1 heterocycles.